The summed E-state index contributed by atoms with van der Waals surface area (Å²) in [6, 6.07) is 6.43. The van der Waals surface area contributed by atoms with Crippen molar-refractivity contribution in [3.63, 3.8) is 0 Å². The molecule has 0 bridgehead atoms. The topological polar surface area (TPSA) is 29.9 Å². The summed E-state index contributed by atoms with van der Waals surface area (Å²) in [7, 11) is 1.64. The van der Waals surface area contributed by atoms with E-state index < -0.39 is 17.5 Å². The predicted molar refractivity (Wildman–Crippen MR) is 92.7 cm³/mol. The Hall–Kier alpha value is -2.47. The van der Waals surface area contributed by atoms with Gasteiger partial charge in [0.15, 0.2) is 0 Å². The fraction of sp³-hybridized carbons (Fsp3) is 0.167. The van der Waals surface area contributed by atoms with Crippen LogP contribution in [-0.2, 0) is 7.05 Å². The van der Waals surface area contributed by atoms with E-state index in [1.807, 2.05) is 0 Å². The van der Waals surface area contributed by atoms with Crippen LogP contribution < -0.4 is 5.32 Å². The molecule has 0 fully saturated rings. The highest BCUT2D eigenvalue weighted by atomic mass is 35.5. The van der Waals surface area contributed by atoms with E-state index in [0.29, 0.717) is 28.2 Å². The molecule has 3 aromatic rings. The average Bonchev–Trinajstić information content (AvgIpc) is 2.77. The Morgan fingerprint density at radius 2 is 1.68 bits per heavy atom. The fourth-order valence-corrected chi connectivity index (χ4v) is 3.02. The lowest BCUT2D eigenvalue weighted by molar-refractivity contribution is 0.588. The molecule has 0 spiro atoms. The van der Waals surface area contributed by atoms with Crippen molar-refractivity contribution in [2.75, 3.05) is 5.32 Å². The molecule has 0 radical (unpaired) electrons. The maximum absolute atomic E-state index is 14.2. The summed E-state index contributed by atoms with van der Waals surface area (Å²) < 4.78 is 43.2. The number of hydrogen-bond acceptors (Lipinski definition) is 2. The molecule has 3 nitrogen and oxygen atoms in total. The van der Waals surface area contributed by atoms with Crippen molar-refractivity contribution in [2.24, 2.45) is 7.05 Å². The van der Waals surface area contributed by atoms with Gasteiger partial charge in [-0.25, -0.2) is 13.2 Å². The van der Waals surface area contributed by atoms with Gasteiger partial charge in [-0.2, -0.15) is 5.10 Å². The van der Waals surface area contributed by atoms with Crippen molar-refractivity contribution < 1.29 is 13.2 Å². The maximum Gasteiger partial charge on any atom is 0.149 e. The fourth-order valence-electron chi connectivity index (χ4n) is 2.75. The van der Waals surface area contributed by atoms with Crippen LogP contribution in [0.3, 0.4) is 0 Å². The summed E-state index contributed by atoms with van der Waals surface area (Å²) >= 11 is 6.15. The third kappa shape index (κ3) is 3.22. The van der Waals surface area contributed by atoms with Gasteiger partial charge in [-0.15, -0.1) is 0 Å². The van der Waals surface area contributed by atoms with E-state index in [4.69, 9.17) is 11.6 Å². The van der Waals surface area contributed by atoms with E-state index in [2.05, 4.69) is 10.4 Å². The molecule has 1 heterocycles. The molecule has 0 saturated heterocycles. The molecule has 0 aliphatic rings. The Kier molecular flexibility index (Phi) is 4.47. The van der Waals surface area contributed by atoms with Crippen LogP contribution in [-0.4, -0.2) is 9.78 Å². The smallest absolute Gasteiger partial charge is 0.149 e. The predicted octanol–water partition coefficient (Wildman–Crippen LogP) is 5.52. The van der Waals surface area contributed by atoms with Crippen molar-refractivity contribution in [1.29, 1.82) is 0 Å². The number of hydrogen-bond donors (Lipinski definition) is 1. The first-order valence-corrected chi connectivity index (χ1v) is 7.87. The summed E-state index contributed by atoms with van der Waals surface area (Å²) in [5, 5.41) is 7.23. The Balaban J connectivity index is 2.16. The SMILES string of the molecule is Cc1cc(F)c(Nc2c(-c3ccc(F)cc3Cl)c(C)nn2C)c(F)c1. The van der Waals surface area contributed by atoms with Crippen LogP contribution in [0.1, 0.15) is 11.3 Å². The normalized spacial score (nSPS) is 11.0. The minimum atomic E-state index is -0.715. The molecule has 0 aliphatic carbocycles. The lowest BCUT2D eigenvalue weighted by Gasteiger charge is -2.13. The molecule has 7 heteroatoms. The van der Waals surface area contributed by atoms with Gasteiger partial charge in [0.2, 0.25) is 0 Å². The molecule has 0 aliphatic heterocycles. The van der Waals surface area contributed by atoms with Crippen molar-refractivity contribution in [3.8, 4) is 11.1 Å². The van der Waals surface area contributed by atoms with Gasteiger partial charge < -0.3 is 5.32 Å². The molecule has 0 amide bonds. The molecule has 130 valence electrons. The Bertz CT molecular complexity index is 943. The number of benzene rings is 2. The average molecular weight is 366 g/mol. The number of halogens is 4. The van der Waals surface area contributed by atoms with Crippen molar-refractivity contribution in [3.05, 3.63) is 64.1 Å². The maximum atomic E-state index is 14.2. The Morgan fingerprint density at radius 3 is 2.28 bits per heavy atom. The van der Waals surface area contributed by atoms with Gasteiger partial charge in [-0.1, -0.05) is 11.6 Å². The molecule has 3 rings (SSSR count). The highest BCUT2D eigenvalue weighted by Crippen LogP contribution is 2.38. The summed E-state index contributed by atoms with van der Waals surface area (Å²) in [5.74, 6) is -1.55. The summed E-state index contributed by atoms with van der Waals surface area (Å²) in [4.78, 5) is 0. The zero-order chi connectivity index (χ0) is 18.3. The highest BCUT2D eigenvalue weighted by Gasteiger charge is 2.20. The monoisotopic (exact) mass is 365 g/mol. The zero-order valence-corrected chi connectivity index (χ0v) is 14.5. The quantitative estimate of drug-likeness (QED) is 0.662. The van der Waals surface area contributed by atoms with E-state index in [9.17, 15) is 13.2 Å². The van der Waals surface area contributed by atoms with Gasteiger partial charge in [-0.3, -0.25) is 4.68 Å². The van der Waals surface area contributed by atoms with Gasteiger partial charge in [0.1, 0.15) is 29.0 Å². The van der Waals surface area contributed by atoms with Crippen molar-refractivity contribution >= 4 is 23.1 Å². The van der Waals surface area contributed by atoms with Crippen molar-refractivity contribution in [1.82, 2.24) is 9.78 Å². The van der Waals surface area contributed by atoms with Crippen molar-refractivity contribution in [2.45, 2.75) is 13.8 Å². The third-order valence-corrected chi connectivity index (χ3v) is 4.17. The molecular formula is C18H15ClF3N3. The summed E-state index contributed by atoms with van der Waals surface area (Å²) in [5.41, 5.74) is 1.85. The van der Waals surface area contributed by atoms with E-state index in [1.165, 1.54) is 35.0 Å². The van der Waals surface area contributed by atoms with Gasteiger partial charge in [0, 0.05) is 18.2 Å². The molecule has 0 unspecified atom stereocenters. The van der Waals surface area contributed by atoms with Crippen LogP contribution >= 0.6 is 11.6 Å². The first kappa shape index (κ1) is 17.4. The minimum absolute atomic E-state index is 0.184. The second-order valence-corrected chi connectivity index (χ2v) is 6.19. The second kappa shape index (κ2) is 6.44. The highest BCUT2D eigenvalue weighted by molar-refractivity contribution is 6.33. The van der Waals surface area contributed by atoms with E-state index in [1.54, 1.807) is 20.9 Å². The molecule has 2 aromatic carbocycles. The molecule has 1 aromatic heterocycles. The van der Waals surface area contributed by atoms with Crippen LogP contribution in [0.4, 0.5) is 24.7 Å². The van der Waals surface area contributed by atoms with Crippen LogP contribution in [0.15, 0.2) is 30.3 Å². The molecular weight excluding hydrogens is 351 g/mol. The lowest BCUT2D eigenvalue weighted by atomic mass is 10.1. The Labute approximate surface area is 148 Å². The molecule has 0 saturated carbocycles. The molecule has 25 heavy (non-hydrogen) atoms. The van der Waals surface area contributed by atoms with Crippen LogP contribution in [0.25, 0.3) is 11.1 Å². The third-order valence-electron chi connectivity index (χ3n) is 3.85. The van der Waals surface area contributed by atoms with Crippen LogP contribution in [0, 0.1) is 31.3 Å². The second-order valence-electron chi connectivity index (χ2n) is 5.79. The van der Waals surface area contributed by atoms with Gasteiger partial charge in [-0.05, 0) is 49.7 Å². The minimum Gasteiger partial charge on any atom is -0.335 e. The molecule has 0 atom stereocenters. The Morgan fingerprint density at radius 1 is 1.04 bits per heavy atom. The van der Waals surface area contributed by atoms with E-state index in [0.717, 1.165) is 0 Å². The van der Waals surface area contributed by atoms with E-state index >= 15 is 0 Å². The first-order valence-electron chi connectivity index (χ1n) is 7.49. The number of rotatable bonds is 3. The summed E-state index contributed by atoms with van der Waals surface area (Å²) in [6.45, 7) is 3.34. The van der Waals surface area contributed by atoms with E-state index in [-0.39, 0.29) is 10.7 Å². The van der Waals surface area contributed by atoms with Crippen LogP contribution in [0.2, 0.25) is 5.02 Å². The standard InChI is InChI=1S/C18H15ClF3N3/c1-9-6-14(21)17(15(22)7-9)23-18-16(10(2)24-25(18)3)12-5-4-11(20)8-13(12)19/h4-8,23H,1-3H3. The number of aryl methyl sites for hydroxylation is 3. The largest absolute Gasteiger partial charge is 0.335 e. The lowest BCUT2D eigenvalue weighted by Crippen LogP contribution is -2.04. The number of nitrogens with zero attached hydrogens (tertiary/aromatic N) is 2. The van der Waals surface area contributed by atoms with Gasteiger partial charge in [0.05, 0.1) is 10.7 Å². The number of aromatic nitrogens is 2. The van der Waals surface area contributed by atoms with Crippen LogP contribution in [0.5, 0.6) is 0 Å². The van der Waals surface area contributed by atoms with Gasteiger partial charge >= 0.3 is 0 Å². The first-order chi connectivity index (χ1) is 11.8. The molecule has 1 N–H and O–H groups in total. The number of nitrogens with one attached hydrogen (secondary N) is 1. The zero-order valence-electron chi connectivity index (χ0n) is 13.8. The number of anilines is 2. The van der Waals surface area contributed by atoms with Gasteiger partial charge in [0.25, 0.3) is 0 Å². The summed E-state index contributed by atoms with van der Waals surface area (Å²) in [6.07, 6.45) is 0.